The minimum atomic E-state index is -0.800. The average Bonchev–Trinajstić information content (AvgIpc) is 3.85. The van der Waals surface area contributed by atoms with Crippen molar-refractivity contribution in [2.24, 2.45) is 5.92 Å². The first-order valence-corrected chi connectivity index (χ1v) is 18.6. The maximum absolute atomic E-state index is 16.3. The van der Waals surface area contributed by atoms with Gasteiger partial charge in [-0.05, 0) is 80.0 Å². The lowest BCUT2D eigenvalue weighted by Gasteiger charge is -2.37. The normalized spacial score (nSPS) is 15.3. The Bertz CT molecular complexity index is 2460. The summed E-state index contributed by atoms with van der Waals surface area (Å²) in [5.74, 6) is -0.931. The highest BCUT2D eigenvalue weighted by molar-refractivity contribution is 6.05. The van der Waals surface area contributed by atoms with Crippen LogP contribution < -0.4 is 10.6 Å². The van der Waals surface area contributed by atoms with Gasteiger partial charge in [0.05, 0.1) is 17.7 Å². The zero-order valence-corrected chi connectivity index (χ0v) is 31.5. The van der Waals surface area contributed by atoms with Gasteiger partial charge >= 0.3 is 6.09 Å². The minimum Gasteiger partial charge on any atom is -0.444 e. The highest BCUT2D eigenvalue weighted by atomic mass is 19.1. The summed E-state index contributed by atoms with van der Waals surface area (Å²) in [7, 11) is 0. The van der Waals surface area contributed by atoms with Gasteiger partial charge in [-0.3, -0.25) is 15.1 Å². The first-order chi connectivity index (χ1) is 27.0. The Morgan fingerprint density at radius 2 is 1.43 bits per heavy atom. The van der Waals surface area contributed by atoms with Gasteiger partial charge in [0, 0.05) is 53.1 Å². The summed E-state index contributed by atoms with van der Waals surface area (Å²) in [6, 6.07) is 36.3. The standard InChI is InChI=1S/C46H41FN6O3/c1-29-20-21-48-25-37(29)35-22-30-23-40(49-26-38(30)42(41(35)47)52-44(55)56-45(2,3)4)51-43(54)36-24-34(36)39-27-53(28-50-39)46(31-14-8-5-9-15-31,32-16-10-6-11-17-32)33-18-12-7-13-19-33/h5-23,25-28,34,36H,24H2,1-4H3,(H,52,55)(H,49,51,54). The molecule has 3 heterocycles. The van der Waals surface area contributed by atoms with Gasteiger partial charge in [-0.1, -0.05) is 91.0 Å². The second kappa shape index (κ2) is 14.5. The summed E-state index contributed by atoms with van der Waals surface area (Å²) in [5.41, 5.74) is 4.12. The molecule has 7 aromatic rings. The number of rotatable bonds is 9. The smallest absolute Gasteiger partial charge is 0.412 e. The molecule has 4 aromatic carbocycles. The number of pyridine rings is 2. The molecule has 1 saturated carbocycles. The van der Waals surface area contributed by atoms with Crippen LogP contribution in [0.2, 0.25) is 0 Å². The Kier molecular flexibility index (Phi) is 9.41. The third-order valence-electron chi connectivity index (χ3n) is 10.2. The zero-order chi connectivity index (χ0) is 39.0. The van der Waals surface area contributed by atoms with Crippen molar-refractivity contribution in [2.75, 3.05) is 10.6 Å². The van der Waals surface area contributed by atoms with E-state index in [9.17, 15) is 9.59 Å². The number of imidazole rings is 1. The van der Waals surface area contributed by atoms with E-state index < -0.39 is 23.1 Å². The number of carbonyl (C=O) groups excluding carboxylic acids is 2. The SMILES string of the molecule is Cc1ccncc1-c1cc2cc(NC(=O)C3CC3c3cn(C(c4ccccc4)(c4ccccc4)c4ccccc4)cn3)ncc2c(NC(=O)OC(C)(C)C)c1F. The van der Waals surface area contributed by atoms with Crippen LogP contribution in [0.3, 0.4) is 0 Å². The molecule has 2 N–H and O–H groups in total. The number of nitrogens with one attached hydrogen (secondary N) is 2. The summed E-state index contributed by atoms with van der Waals surface area (Å²) in [6.07, 6.45) is 8.43. The third-order valence-corrected chi connectivity index (χ3v) is 10.2. The molecule has 10 heteroatoms. The van der Waals surface area contributed by atoms with Crippen molar-refractivity contribution in [2.45, 2.75) is 51.2 Å². The van der Waals surface area contributed by atoms with Crippen LogP contribution in [0.1, 0.15) is 61.1 Å². The Morgan fingerprint density at radius 3 is 2.02 bits per heavy atom. The van der Waals surface area contributed by atoms with E-state index >= 15 is 4.39 Å². The Balaban J connectivity index is 1.09. The topological polar surface area (TPSA) is 111 Å². The van der Waals surface area contributed by atoms with Crippen LogP contribution >= 0.6 is 0 Å². The van der Waals surface area contributed by atoms with Gasteiger partial charge in [0.15, 0.2) is 5.82 Å². The fraction of sp³-hybridized carbons (Fsp3) is 0.196. The van der Waals surface area contributed by atoms with E-state index in [2.05, 4.69) is 67.8 Å². The second-order valence-corrected chi connectivity index (χ2v) is 15.2. The number of aryl methyl sites for hydroxylation is 1. The van der Waals surface area contributed by atoms with Gasteiger partial charge in [-0.15, -0.1) is 0 Å². The number of amides is 2. The number of aromatic nitrogens is 4. The van der Waals surface area contributed by atoms with Gasteiger partial charge in [0.2, 0.25) is 5.91 Å². The highest BCUT2D eigenvalue weighted by Gasteiger charge is 2.47. The van der Waals surface area contributed by atoms with E-state index in [-0.39, 0.29) is 29.0 Å². The molecule has 1 aliphatic carbocycles. The van der Waals surface area contributed by atoms with Crippen LogP contribution in [-0.4, -0.2) is 37.1 Å². The van der Waals surface area contributed by atoms with Gasteiger partial charge in [-0.2, -0.15) is 0 Å². The lowest BCUT2D eigenvalue weighted by molar-refractivity contribution is -0.117. The Morgan fingerprint density at radius 1 is 0.804 bits per heavy atom. The molecule has 0 aliphatic heterocycles. The van der Waals surface area contributed by atoms with Crippen LogP contribution in [0.25, 0.3) is 21.9 Å². The van der Waals surface area contributed by atoms with Crippen molar-refractivity contribution >= 4 is 34.3 Å². The van der Waals surface area contributed by atoms with E-state index in [1.165, 1.54) is 6.20 Å². The number of hydrogen-bond donors (Lipinski definition) is 2. The van der Waals surface area contributed by atoms with E-state index in [0.29, 0.717) is 28.6 Å². The molecule has 1 aliphatic rings. The van der Waals surface area contributed by atoms with Crippen molar-refractivity contribution in [3.8, 4) is 11.1 Å². The number of fused-ring (bicyclic) bond motifs is 1. The molecule has 2 atom stereocenters. The Hall–Kier alpha value is -6.68. The van der Waals surface area contributed by atoms with Crippen molar-refractivity contribution in [3.05, 3.63) is 174 Å². The van der Waals surface area contributed by atoms with Crippen molar-refractivity contribution in [1.29, 1.82) is 0 Å². The summed E-state index contributed by atoms with van der Waals surface area (Å²) >= 11 is 0. The van der Waals surface area contributed by atoms with Crippen LogP contribution in [0, 0.1) is 18.7 Å². The summed E-state index contributed by atoms with van der Waals surface area (Å²) < 4.78 is 23.9. The monoisotopic (exact) mass is 744 g/mol. The molecule has 9 nitrogen and oxygen atoms in total. The van der Waals surface area contributed by atoms with Crippen LogP contribution in [0.5, 0.6) is 0 Å². The molecular weight excluding hydrogens is 704 g/mol. The number of benzene rings is 4. The Labute approximate surface area is 324 Å². The quantitative estimate of drug-likeness (QED) is 0.142. The molecule has 0 bridgehead atoms. The molecular formula is C46H41FN6O3. The molecule has 2 unspecified atom stereocenters. The second-order valence-electron chi connectivity index (χ2n) is 15.2. The number of anilines is 2. The molecule has 8 rings (SSSR count). The molecule has 2 amide bonds. The van der Waals surface area contributed by atoms with Gasteiger partial charge in [0.1, 0.15) is 17.0 Å². The lowest BCUT2D eigenvalue weighted by atomic mass is 9.77. The van der Waals surface area contributed by atoms with Gasteiger partial charge in [-0.25, -0.2) is 19.2 Å². The van der Waals surface area contributed by atoms with Gasteiger partial charge < -0.3 is 14.6 Å². The lowest BCUT2D eigenvalue weighted by Crippen LogP contribution is -2.36. The highest BCUT2D eigenvalue weighted by Crippen LogP contribution is 2.49. The fourth-order valence-corrected chi connectivity index (χ4v) is 7.54. The molecule has 0 spiro atoms. The van der Waals surface area contributed by atoms with Crippen molar-refractivity contribution in [1.82, 2.24) is 19.5 Å². The van der Waals surface area contributed by atoms with E-state index in [4.69, 9.17) is 9.72 Å². The fourth-order valence-electron chi connectivity index (χ4n) is 7.54. The van der Waals surface area contributed by atoms with Crippen LogP contribution in [0.4, 0.5) is 20.7 Å². The molecule has 1 fully saturated rings. The molecule has 3 aromatic heterocycles. The third kappa shape index (κ3) is 6.90. The van der Waals surface area contributed by atoms with Crippen molar-refractivity contribution < 1.29 is 18.7 Å². The first-order valence-electron chi connectivity index (χ1n) is 18.6. The minimum absolute atomic E-state index is 0.0733. The maximum atomic E-state index is 16.3. The molecule has 0 radical (unpaired) electrons. The summed E-state index contributed by atoms with van der Waals surface area (Å²) in [5, 5.41) is 6.50. The number of nitrogens with zero attached hydrogens (tertiary/aromatic N) is 4. The maximum Gasteiger partial charge on any atom is 0.412 e. The zero-order valence-electron chi connectivity index (χ0n) is 31.5. The number of halogens is 1. The molecule has 0 saturated heterocycles. The largest absolute Gasteiger partial charge is 0.444 e. The van der Waals surface area contributed by atoms with E-state index in [1.54, 1.807) is 51.4 Å². The molecule has 280 valence electrons. The number of ether oxygens (including phenoxy) is 1. The summed E-state index contributed by atoms with van der Waals surface area (Å²) in [4.78, 5) is 40.2. The first kappa shape index (κ1) is 36.3. The van der Waals surface area contributed by atoms with E-state index in [1.807, 2.05) is 67.8 Å². The van der Waals surface area contributed by atoms with E-state index in [0.717, 1.165) is 27.9 Å². The van der Waals surface area contributed by atoms with Gasteiger partial charge in [0.25, 0.3) is 0 Å². The van der Waals surface area contributed by atoms with Crippen molar-refractivity contribution in [3.63, 3.8) is 0 Å². The number of hydrogen-bond acceptors (Lipinski definition) is 6. The number of carbonyl (C=O) groups is 2. The average molecular weight is 745 g/mol. The molecule has 56 heavy (non-hydrogen) atoms. The predicted octanol–water partition coefficient (Wildman–Crippen LogP) is 9.87. The van der Waals surface area contributed by atoms with Crippen LogP contribution in [-0.2, 0) is 15.1 Å². The summed E-state index contributed by atoms with van der Waals surface area (Å²) in [6.45, 7) is 7.06. The predicted molar refractivity (Wildman–Crippen MR) is 216 cm³/mol. The van der Waals surface area contributed by atoms with Crippen LogP contribution in [0.15, 0.2) is 140 Å².